The molecule has 0 bridgehead atoms. The summed E-state index contributed by atoms with van der Waals surface area (Å²) in [6, 6.07) is 7.36. The first kappa shape index (κ1) is 19.7. The van der Waals surface area contributed by atoms with Gasteiger partial charge in [-0.2, -0.15) is 0 Å². The highest BCUT2D eigenvalue weighted by Crippen LogP contribution is 2.35. The van der Waals surface area contributed by atoms with Crippen LogP contribution in [-0.4, -0.2) is 29.2 Å². The maximum atomic E-state index is 14.5. The fourth-order valence-corrected chi connectivity index (χ4v) is 3.66. The first-order valence-corrected chi connectivity index (χ1v) is 9.19. The zero-order chi connectivity index (χ0) is 19.6. The van der Waals surface area contributed by atoms with Crippen LogP contribution in [0.1, 0.15) is 18.4 Å². The molecule has 27 heavy (non-hydrogen) atoms. The van der Waals surface area contributed by atoms with Gasteiger partial charge < -0.3 is 15.3 Å². The molecule has 0 aromatic heterocycles. The minimum atomic E-state index is -0.574. The number of non-ortho nitro benzene ring substituents is 1. The molecule has 0 radical (unpaired) electrons. The zero-order valence-electron chi connectivity index (χ0n) is 14.3. The van der Waals surface area contributed by atoms with E-state index in [1.54, 1.807) is 12.1 Å². The van der Waals surface area contributed by atoms with Crippen molar-refractivity contribution in [1.29, 1.82) is 0 Å². The lowest BCUT2D eigenvalue weighted by molar-refractivity contribution is -0.384. The van der Waals surface area contributed by atoms with Gasteiger partial charge in [0.15, 0.2) is 0 Å². The molecular formula is C18H18Cl2FN3O3. The Bertz CT molecular complexity index is 835. The number of benzene rings is 2. The summed E-state index contributed by atoms with van der Waals surface area (Å²) in [6.07, 6.45) is 0.934. The molecule has 2 aromatic carbocycles. The predicted molar refractivity (Wildman–Crippen MR) is 104 cm³/mol. The zero-order valence-corrected chi connectivity index (χ0v) is 15.8. The van der Waals surface area contributed by atoms with Crippen LogP contribution >= 0.6 is 23.2 Å². The summed E-state index contributed by atoms with van der Waals surface area (Å²) >= 11 is 12.1. The number of nitrogens with one attached hydrogen (secondary N) is 1. The van der Waals surface area contributed by atoms with Gasteiger partial charge in [-0.3, -0.25) is 10.1 Å². The van der Waals surface area contributed by atoms with E-state index in [2.05, 4.69) is 5.32 Å². The van der Waals surface area contributed by atoms with Gasteiger partial charge in [0.1, 0.15) is 5.82 Å². The average molecular weight is 414 g/mol. The molecule has 1 saturated heterocycles. The van der Waals surface area contributed by atoms with Gasteiger partial charge >= 0.3 is 0 Å². The van der Waals surface area contributed by atoms with E-state index >= 15 is 0 Å². The Labute approximate surface area is 165 Å². The molecule has 1 aliphatic heterocycles. The molecule has 0 atom stereocenters. The van der Waals surface area contributed by atoms with Crippen LogP contribution in [0.25, 0.3) is 0 Å². The van der Waals surface area contributed by atoms with Crippen LogP contribution in [0.2, 0.25) is 10.0 Å². The topological polar surface area (TPSA) is 78.6 Å². The van der Waals surface area contributed by atoms with E-state index in [4.69, 9.17) is 23.2 Å². The van der Waals surface area contributed by atoms with Crippen LogP contribution in [0.15, 0.2) is 30.3 Å². The smallest absolute Gasteiger partial charge is 0.272 e. The number of nitro benzene ring substituents is 1. The summed E-state index contributed by atoms with van der Waals surface area (Å²) in [4.78, 5) is 12.2. The summed E-state index contributed by atoms with van der Waals surface area (Å²) in [6.45, 7) is 1.49. The van der Waals surface area contributed by atoms with Crippen molar-refractivity contribution < 1.29 is 14.4 Å². The van der Waals surface area contributed by atoms with Crippen molar-refractivity contribution in [2.24, 2.45) is 0 Å². The van der Waals surface area contributed by atoms with Crippen LogP contribution in [0.5, 0.6) is 0 Å². The number of nitrogens with zero attached hydrogens (tertiary/aromatic N) is 2. The molecule has 0 amide bonds. The highest BCUT2D eigenvalue weighted by atomic mass is 35.5. The largest absolute Gasteiger partial charge is 0.393 e. The van der Waals surface area contributed by atoms with Crippen molar-refractivity contribution in [3.8, 4) is 0 Å². The normalized spacial score (nSPS) is 15.0. The third kappa shape index (κ3) is 4.61. The molecule has 0 aliphatic carbocycles. The minimum Gasteiger partial charge on any atom is -0.393 e. The maximum Gasteiger partial charge on any atom is 0.272 e. The Kier molecular flexibility index (Phi) is 6.04. The molecular weight excluding hydrogens is 396 g/mol. The van der Waals surface area contributed by atoms with Crippen molar-refractivity contribution in [1.82, 2.24) is 0 Å². The fourth-order valence-electron chi connectivity index (χ4n) is 3.05. The number of halogens is 3. The molecule has 9 heteroatoms. The van der Waals surface area contributed by atoms with E-state index in [0.717, 1.165) is 0 Å². The summed E-state index contributed by atoms with van der Waals surface area (Å²) in [5.74, 6) is -0.341. The second kappa shape index (κ2) is 8.29. The Balaban J connectivity index is 1.70. The average Bonchev–Trinajstić information content (AvgIpc) is 2.62. The van der Waals surface area contributed by atoms with Crippen LogP contribution in [0.4, 0.5) is 21.5 Å². The van der Waals surface area contributed by atoms with Crippen molar-refractivity contribution in [2.75, 3.05) is 23.3 Å². The fraction of sp³-hybridized carbons (Fsp3) is 0.333. The van der Waals surface area contributed by atoms with Gasteiger partial charge in [-0.15, -0.1) is 0 Å². The van der Waals surface area contributed by atoms with Crippen LogP contribution < -0.4 is 10.2 Å². The van der Waals surface area contributed by atoms with Gasteiger partial charge in [0.25, 0.3) is 5.69 Å². The Hall–Kier alpha value is -2.09. The number of rotatable bonds is 5. The molecule has 3 rings (SSSR count). The molecule has 6 nitrogen and oxygen atoms in total. The summed E-state index contributed by atoms with van der Waals surface area (Å²) in [5.41, 5.74) is 1.35. The molecule has 1 heterocycles. The van der Waals surface area contributed by atoms with Gasteiger partial charge in [-0.1, -0.05) is 29.3 Å². The number of aliphatic hydroxyl groups excluding tert-OH is 1. The second-order valence-electron chi connectivity index (χ2n) is 6.40. The Morgan fingerprint density at radius 2 is 1.85 bits per heavy atom. The highest BCUT2D eigenvalue weighted by molar-refractivity contribution is 6.39. The summed E-state index contributed by atoms with van der Waals surface area (Å²) < 4.78 is 14.5. The highest BCUT2D eigenvalue weighted by Gasteiger charge is 2.20. The lowest BCUT2D eigenvalue weighted by atomic mass is 10.1. The van der Waals surface area contributed by atoms with E-state index < -0.39 is 4.92 Å². The number of hydrogen-bond donors (Lipinski definition) is 2. The Morgan fingerprint density at radius 1 is 1.22 bits per heavy atom. The van der Waals surface area contributed by atoms with Crippen molar-refractivity contribution >= 4 is 40.3 Å². The number of aliphatic hydroxyl groups is 1. The lowest BCUT2D eigenvalue weighted by Gasteiger charge is -2.31. The molecule has 0 saturated carbocycles. The standard InChI is InChI=1S/C18H18Cl2FN3O3/c19-14-8-12(24(26)27)9-15(20)18(14)22-10-11-1-2-17(16(21)7-11)23-5-3-13(25)4-6-23/h1-2,7-9,13,22,25H,3-6,10H2. The van der Waals surface area contributed by atoms with Crippen molar-refractivity contribution in [2.45, 2.75) is 25.5 Å². The van der Waals surface area contributed by atoms with Crippen LogP contribution in [0, 0.1) is 15.9 Å². The Morgan fingerprint density at radius 3 is 2.41 bits per heavy atom. The summed E-state index contributed by atoms with van der Waals surface area (Å²) in [7, 11) is 0. The number of piperidine rings is 1. The maximum absolute atomic E-state index is 14.5. The summed E-state index contributed by atoms with van der Waals surface area (Å²) in [5, 5.41) is 23.6. The van der Waals surface area contributed by atoms with Gasteiger partial charge in [0, 0.05) is 31.8 Å². The molecule has 2 N–H and O–H groups in total. The van der Waals surface area contributed by atoms with E-state index in [-0.39, 0.29) is 34.2 Å². The third-order valence-electron chi connectivity index (χ3n) is 4.52. The molecule has 144 valence electrons. The lowest BCUT2D eigenvalue weighted by Crippen LogP contribution is -2.36. The first-order chi connectivity index (χ1) is 12.8. The molecule has 2 aromatic rings. The monoisotopic (exact) mass is 413 g/mol. The number of anilines is 2. The van der Waals surface area contributed by atoms with Gasteiger partial charge in [0.2, 0.25) is 0 Å². The van der Waals surface area contributed by atoms with Crippen LogP contribution in [-0.2, 0) is 6.54 Å². The minimum absolute atomic E-state index is 0.123. The van der Waals surface area contributed by atoms with Crippen LogP contribution in [0.3, 0.4) is 0 Å². The van der Waals surface area contributed by atoms with Gasteiger partial charge in [-0.25, -0.2) is 4.39 Å². The van der Waals surface area contributed by atoms with E-state index in [0.29, 0.717) is 42.9 Å². The quantitative estimate of drug-likeness (QED) is 0.552. The number of hydrogen-bond acceptors (Lipinski definition) is 5. The number of nitro groups is 1. The van der Waals surface area contributed by atoms with Crippen molar-refractivity contribution in [3.05, 3.63) is 61.9 Å². The SMILES string of the molecule is O=[N+]([O-])c1cc(Cl)c(NCc2ccc(N3CCC(O)CC3)c(F)c2)c(Cl)c1. The van der Waals surface area contributed by atoms with E-state index in [1.165, 1.54) is 18.2 Å². The molecule has 1 fully saturated rings. The molecule has 0 spiro atoms. The first-order valence-electron chi connectivity index (χ1n) is 8.44. The third-order valence-corrected chi connectivity index (χ3v) is 5.12. The molecule has 0 unspecified atom stereocenters. The predicted octanol–water partition coefficient (Wildman–Crippen LogP) is 4.61. The van der Waals surface area contributed by atoms with Gasteiger partial charge in [-0.05, 0) is 30.5 Å². The van der Waals surface area contributed by atoms with E-state index in [9.17, 15) is 19.6 Å². The molecule has 1 aliphatic rings. The van der Waals surface area contributed by atoms with Crippen molar-refractivity contribution in [3.63, 3.8) is 0 Å². The second-order valence-corrected chi connectivity index (χ2v) is 7.21. The van der Waals surface area contributed by atoms with Gasteiger partial charge in [0.05, 0.1) is 32.4 Å². The van der Waals surface area contributed by atoms with E-state index in [1.807, 2.05) is 4.90 Å².